The molecule has 1 saturated heterocycles. The molecule has 30 heavy (non-hydrogen) atoms. The van der Waals surface area contributed by atoms with Gasteiger partial charge in [-0.1, -0.05) is 24.3 Å². The molecule has 4 heteroatoms. The van der Waals surface area contributed by atoms with Crippen LogP contribution in [0, 0.1) is 13.8 Å². The van der Waals surface area contributed by atoms with E-state index in [1.54, 1.807) is 12.4 Å². The third kappa shape index (κ3) is 4.93. The van der Waals surface area contributed by atoms with E-state index in [1.165, 1.54) is 16.7 Å². The molecule has 1 aliphatic rings. The third-order valence-electron chi connectivity index (χ3n) is 5.99. The van der Waals surface area contributed by atoms with Gasteiger partial charge in [0.25, 0.3) is 0 Å². The molecular weight excluding hydrogens is 370 g/mol. The standard InChI is InChI=1S/C26H29N3O/c1-19-6-3-4-7-23(19)15-22-14-20(2)28-25(16-22)24-8-5-13-29(18-24)26(30)17-21-9-11-27-12-10-21/h3-4,6-7,9-12,14,16,24H,5,8,13,15,17-18H2,1-2H3. The molecule has 0 saturated carbocycles. The summed E-state index contributed by atoms with van der Waals surface area (Å²) in [6.45, 7) is 5.82. The van der Waals surface area contributed by atoms with Crippen molar-refractivity contribution in [1.82, 2.24) is 14.9 Å². The summed E-state index contributed by atoms with van der Waals surface area (Å²) in [7, 11) is 0. The number of pyridine rings is 2. The highest BCUT2D eigenvalue weighted by Gasteiger charge is 2.26. The largest absolute Gasteiger partial charge is 0.342 e. The van der Waals surface area contributed by atoms with Crippen molar-refractivity contribution in [2.45, 2.75) is 45.4 Å². The Morgan fingerprint density at radius 1 is 1.07 bits per heavy atom. The number of amides is 1. The van der Waals surface area contributed by atoms with Crippen LogP contribution in [0.15, 0.2) is 60.9 Å². The average molecular weight is 400 g/mol. The zero-order valence-electron chi connectivity index (χ0n) is 17.8. The van der Waals surface area contributed by atoms with E-state index in [9.17, 15) is 4.79 Å². The minimum atomic E-state index is 0.193. The van der Waals surface area contributed by atoms with Gasteiger partial charge in [-0.15, -0.1) is 0 Å². The number of hydrogen-bond acceptors (Lipinski definition) is 3. The number of carbonyl (C=O) groups is 1. The fourth-order valence-corrected chi connectivity index (χ4v) is 4.34. The van der Waals surface area contributed by atoms with Crippen LogP contribution in [-0.2, 0) is 17.6 Å². The molecule has 3 aromatic rings. The van der Waals surface area contributed by atoms with Crippen molar-refractivity contribution in [3.05, 3.63) is 94.6 Å². The Hall–Kier alpha value is -3.01. The molecular formula is C26H29N3O. The van der Waals surface area contributed by atoms with E-state index in [4.69, 9.17) is 4.98 Å². The Labute approximate surface area is 179 Å². The van der Waals surface area contributed by atoms with Gasteiger partial charge in [-0.25, -0.2) is 0 Å². The molecule has 1 aromatic carbocycles. The Morgan fingerprint density at radius 3 is 2.67 bits per heavy atom. The highest BCUT2D eigenvalue weighted by molar-refractivity contribution is 5.78. The van der Waals surface area contributed by atoms with Gasteiger partial charge in [0.2, 0.25) is 5.91 Å². The molecule has 2 aromatic heterocycles. The van der Waals surface area contributed by atoms with Crippen LogP contribution >= 0.6 is 0 Å². The van der Waals surface area contributed by atoms with E-state index in [0.29, 0.717) is 12.3 Å². The summed E-state index contributed by atoms with van der Waals surface area (Å²) in [5.74, 6) is 0.495. The SMILES string of the molecule is Cc1cc(Cc2ccccc2C)cc(C2CCCN(C(=O)Cc3ccncc3)C2)n1. The van der Waals surface area contributed by atoms with Gasteiger partial charge in [0, 0.05) is 42.8 Å². The Bertz CT molecular complexity index is 1020. The van der Waals surface area contributed by atoms with Crippen LogP contribution in [0.1, 0.15) is 52.4 Å². The molecule has 1 aliphatic heterocycles. The fourth-order valence-electron chi connectivity index (χ4n) is 4.34. The van der Waals surface area contributed by atoms with Crippen molar-refractivity contribution in [3.8, 4) is 0 Å². The maximum absolute atomic E-state index is 12.8. The zero-order valence-corrected chi connectivity index (χ0v) is 17.8. The summed E-state index contributed by atoms with van der Waals surface area (Å²) < 4.78 is 0. The predicted molar refractivity (Wildman–Crippen MR) is 119 cm³/mol. The molecule has 0 aliphatic carbocycles. The van der Waals surface area contributed by atoms with E-state index in [-0.39, 0.29) is 5.91 Å². The average Bonchev–Trinajstić information content (AvgIpc) is 2.76. The second-order valence-electron chi connectivity index (χ2n) is 8.36. The molecule has 4 nitrogen and oxygen atoms in total. The number of rotatable bonds is 5. The molecule has 1 amide bonds. The van der Waals surface area contributed by atoms with Crippen LogP contribution in [0.4, 0.5) is 0 Å². The van der Waals surface area contributed by atoms with Crippen molar-refractivity contribution in [3.63, 3.8) is 0 Å². The van der Waals surface area contributed by atoms with Crippen molar-refractivity contribution >= 4 is 5.91 Å². The van der Waals surface area contributed by atoms with Gasteiger partial charge in [0.15, 0.2) is 0 Å². The summed E-state index contributed by atoms with van der Waals surface area (Å²) in [5, 5.41) is 0. The van der Waals surface area contributed by atoms with E-state index in [1.807, 2.05) is 17.0 Å². The Balaban J connectivity index is 1.48. The lowest BCUT2D eigenvalue weighted by Crippen LogP contribution is -2.40. The summed E-state index contributed by atoms with van der Waals surface area (Å²) in [6, 6.07) is 16.8. The first kappa shape index (κ1) is 20.3. The number of carbonyl (C=O) groups excluding carboxylic acids is 1. The zero-order chi connectivity index (χ0) is 20.9. The number of aromatic nitrogens is 2. The lowest BCUT2D eigenvalue weighted by atomic mass is 9.91. The van der Waals surface area contributed by atoms with Crippen LogP contribution in [0.25, 0.3) is 0 Å². The predicted octanol–water partition coefficient (Wildman–Crippen LogP) is 4.63. The van der Waals surface area contributed by atoms with Gasteiger partial charge in [-0.3, -0.25) is 14.8 Å². The van der Waals surface area contributed by atoms with Crippen LogP contribution < -0.4 is 0 Å². The van der Waals surface area contributed by atoms with Crippen LogP contribution in [0.5, 0.6) is 0 Å². The quantitative estimate of drug-likeness (QED) is 0.628. The van der Waals surface area contributed by atoms with Gasteiger partial charge in [-0.05, 0) is 79.6 Å². The minimum Gasteiger partial charge on any atom is -0.342 e. The first-order chi connectivity index (χ1) is 14.6. The van der Waals surface area contributed by atoms with E-state index in [0.717, 1.165) is 49.3 Å². The molecule has 4 rings (SSSR count). The molecule has 1 unspecified atom stereocenters. The number of likely N-dealkylation sites (tertiary alicyclic amines) is 1. The van der Waals surface area contributed by atoms with Gasteiger partial charge in [-0.2, -0.15) is 0 Å². The summed E-state index contributed by atoms with van der Waals surface area (Å²) in [5.41, 5.74) is 7.17. The molecule has 3 heterocycles. The fraction of sp³-hybridized carbons (Fsp3) is 0.346. The lowest BCUT2D eigenvalue weighted by Gasteiger charge is -2.33. The second kappa shape index (κ2) is 9.21. The van der Waals surface area contributed by atoms with E-state index < -0.39 is 0 Å². The summed E-state index contributed by atoms with van der Waals surface area (Å²) in [6.07, 6.45) is 6.95. The van der Waals surface area contributed by atoms with Crippen LogP contribution in [0.2, 0.25) is 0 Å². The highest BCUT2D eigenvalue weighted by Crippen LogP contribution is 2.28. The Kier molecular flexibility index (Phi) is 6.22. The maximum atomic E-state index is 12.8. The molecule has 1 fully saturated rings. The molecule has 154 valence electrons. The lowest BCUT2D eigenvalue weighted by molar-refractivity contribution is -0.131. The van der Waals surface area contributed by atoms with E-state index in [2.05, 4.69) is 55.2 Å². The van der Waals surface area contributed by atoms with Gasteiger partial charge >= 0.3 is 0 Å². The molecule has 1 atom stereocenters. The van der Waals surface area contributed by atoms with Crippen molar-refractivity contribution in [2.24, 2.45) is 0 Å². The van der Waals surface area contributed by atoms with Crippen molar-refractivity contribution < 1.29 is 4.79 Å². The monoisotopic (exact) mass is 399 g/mol. The van der Waals surface area contributed by atoms with Crippen LogP contribution in [-0.4, -0.2) is 33.9 Å². The molecule has 0 N–H and O–H groups in total. The highest BCUT2D eigenvalue weighted by atomic mass is 16.2. The smallest absolute Gasteiger partial charge is 0.227 e. The second-order valence-corrected chi connectivity index (χ2v) is 8.36. The van der Waals surface area contributed by atoms with Crippen molar-refractivity contribution in [2.75, 3.05) is 13.1 Å². The first-order valence-electron chi connectivity index (χ1n) is 10.8. The third-order valence-corrected chi connectivity index (χ3v) is 5.99. The number of nitrogens with zero attached hydrogens (tertiary/aromatic N) is 3. The summed E-state index contributed by atoms with van der Waals surface area (Å²) >= 11 is 0. The molecule has 0 bridgehead atoms. The van der Waals surface area contributed by atoms with Crippen LogP contribution in [0.3, 0.4) is 0 Å². The maximum Gasteiger partial charge on any atom is 0.227 e. The van der Waals surface area contributed by atoms with Gasteiger partial charge in [0.05, 0.1) is 6.42 Å². The first-order valence-corrected chi connectivity index (χ1v) is 10.8. The minimum absolute atomic E-state index is 0.193. The number of aryl methyl sites for hydroxylation is 2. The molecule has 0 radical (unpaired) electrons. The topological polar surface area (TPSA) is 46.1 Å². The summed E-state index contributed by atoms with van der Waals surface area (Å²) in [4.78, 5) is 23.7. The number of piperidine rings is 1. The van der Waals surface area contributed by atoms with Crippen molar-refractivity contribution in [1.29, 1.82) is 0 Å². The molecule has 0 spiro atoms. The number of benzene rings is 1. The normalized spacial score (nSPS) is 16.5. The van der Waals surface area contributed by atoms with E-state index >= 15 is 0 Å². The Morgan fingerprint density at radius 2 is 1.87 bits per heavy atom. The van der Waals surface area contributed by atoms with Gasteiger partial charge in [0.1, 0.15) is 0 Å². The number of hydrogen-bond donors (Lipinski definition) is 0. The van der Waals surface area contributed by atoms with Gasteiger partial charge < -0.3 is 4.90 Å².